The Kier molecular flexibility index (Phi) is 5.84. The van der Waals surface area contributed by atoms with E-state index in [1.165, 1.54) is 12.1 Å². The molecule has 146 valence electrons. The normalized spacial score (nSPS) is 11.4. The summed E-state index contributed by atoms with van der Waals surface area (Å²) in [7, 11) is 1.56. The summed E-state index contributed by atoms with van der Waals surface area (Å²) < 4.78 is 48.7. The quantitative estimate of drug-likeness (QED) is 0.602. The third-order valence-corrected chi connectivity index (χ3v) is 4.10. The van der Waals surface area contributed by atoms with Gasteiger partial charge in [-0.05, 0) is 53.9 Å². The lowest BCUT2D eigenvalue weighted by atomic mass is 10.1. The summed E-state index contributed by atoms with van der Waals surface area (Å²) in [6.07, 6.45) is -4.39. The monoisotopic (exact) mass is 389 g/mol. The van der Waals surface area contributed by atoms with Crippen molar-refractivity contribution in [3.63, 3.8) is 0 Å². The fourth-order valence-electron chi connectivity index (χ4n) is 2.69. The summed E-state index contributed by atoms with van der Waals surface area (Å²) in [4.78, 5) is 12.2. The van der Waals surface area contributed by atoms with Gasteiger partial charge in [-0.3, -0.25) is 4.79 Å². The number of rotatable bonds is 6. The van der Waals surface area contributed by atoms with Gasteiger partial charge >= 0.3 is 6.18 Å². The number of fused-ring (bicyclic) bond motifs is 1. The highest BCUT2D eigenvalue weighted by molar-refractivity contribution is 5.99. The van der Waals surface area contributed by atoms with Gasteiger partial charge in [0.05, 0.1) is 12.2 Å². The van der Waals surface area contributed by atoms with E-state index in [9.17, 15) is 18.0 Å². The highest BCUT2D eigenvalue weighted by atomic mass is 19.4. The van der Waals surface area contributed by atoms with Crippen LogP contribution >= 0.6 is 0 Å². The molecule has 3 rings (SSSR count). The predicted molar refractivity (Wildman–Crippen MR) is 99.7 cm³/mol. The second kappa shape index (κ2) is 8.31. The molecule has 7 heteroatoms. The van der Waals surface area contributed by atoms with Gasteiger partial charge in [0, 0.05) is 24.6 Å². The van der Waals surface area contributed by atoms with Crippen LogP contribution in [0.1, 0.15) is 15.9 Å². The number of halogens is 3. The van der Waals surface area contributed by atoms with E-state index in [0.29, 0.717) is 30.2 Å². The van der Waals surface area contributed by atoms with Crippen LogP contribution in [-0.2, 0) is 10.9 Å². The summed E-state index contributed by atoms with van der Waals surface area (Å²) in [6.45, 7) is 0.828. The number of carbonyl (C=O) groups excluding carboxylic acids is 1. The van der Waals surface area contributed by atoms with Crippen LogP contribution in [0.15, 0.2) is 60.7 Å². The van der Waals surface area contributed by atoms with Gasteiger partial charge in [-0.15, -0.1) is 0 Å². The Balaban J connectivity index is 1.82. The number of benzene rings is 3. The smallest absolute Gasteiger partial charge is 0.416 e. The molecule has 28 heavy (non-hydrogen) atoms. The molecular weight excluding hydrogens is 371 g/mol. The van der Waals surface area contributed by atoms with Crippen molar-refractivity contribution < 1.29 is 27.4 Å². The first kappa shape index (κ1) is 19.7. The van der Waals surface area contributed by atoms with E-state index in [1.807, 2.05) is 6.07 Å². The van der Waals surface area contributed by atoms with E-state index in [-0.39, 0.29) is 5.91 Å². The van der Waals surface area contributed by atoms with Crippen LogP contribution in [0.4, 0.5) is 13.2 Å². The molecule has 0 saturated carbocycles. The van der Waals surface area contributed by atoms with Crippen LogP contribution in [0.3, 0.4) is 0 Å². The molecule has 0 aromatic heterocycles. The Labute approximate surface area is 159 Å². The first-order chi connectivity index (χ1) is 13.4. The van der Waals surface area contributed by atoms with Gasteiger partial charge in [-0.25, -0.2) is 0 Å². The van der Waals surface area contributed by atoms with E-state index in [0.717, 1.165) is 22.9 Å². The number of ether oxygens (including phenoxy) is 2. The van der Waals surface area contributed by atoms with Crippen molar-refractivity contribution in [3.05, 3.63) is 71.8 Å². The first-order valence-corrected chi connectivity index (χ1v) is 8.53. The molecule has 3 aromatic carbocycles. The highest BCUT2D eigenvalue weighted by Crippen LogP contribution is 2.33. The van der Waals surface area contributed by atoms with Crippen LogP contribution in [0.25, 0.3) is 10.8 Å². The van der Waals surface area contributed by atoms with Gasteiger partial charge in [0.2, 0.25) is 0 Å². The van der Waals surface area contributed by atoms with Crippen molar-refractivity contribution in [1.29, 1.82) is 0 Å². The van der Waals surface area contributed by atoms with Crippen molar-refractivity contribution in [1.82, 2.24) is 5.32 Å². The van der Waals surface area contributed by atoms with E-state index in [2.05, 4.69) is 5.32 Å². The number of hydrogen-bond acceptors (Lipinski definition) is 3. The average molecular weight is 389 g/mol. The van der Waals surface area contributed by atoms with Crippen LogP contribution in [0.5, 0.6) is 11.5 Å². The minimum absolute atomic E-state index is 0.215. The molecule has 0 bridgehead atoms. The van der Waals surface area contributed by atoms with E-state index >= 15 is 0 Å². The third-order valence-electron chi connectivity index (χ3n) is 4.10. The van der Waals surface area contributed by atoms with Gasteiger partial charge < -0.3 is 14.8 Å². The molecule has 0 heterocycles. The summed E-state index contributed by atoms with van der Waals surface area (Å²) in [5.74, 6) is 0.568. The predicted octanol–water partition coefficient (Wildman–Crippen LogP) is 5.03. The van der Waals surface area contributed by atoms with Crippen molar-refractivity contribution in [2.75, 3.05) is 20.3 Å². The Hall–Kier alpha value is -3.06. The Morgan fingerprint density at radius 3 is 2.46 bits per heavy atom. The Morgan fingerprint density at radius 1 is 1.04 bits per heavy atom. The third kappa shape index (κ3) is 4.61. The average Bonchev–Trinajstić information content (AvgIpc) is 2.67. The summed E-state index contributed by atoms with van der Waals surface area (Å²) in [5.41, 5.74) is -0.239. The lowest BCUT2D eigenvalue weighted by Gasteiger charge is -2.12. The molecular formula is C21H18F3NO3. The standard InChI is InChI=1S/C21H18F3NO3/c1-27-12-11-25-20(26)15-5-10-18-14(13-15)3-2-4-19(18)28-17-8-6-16(7-9-17)21(22,23)24/h2-10,13H,11-12H2,1H3,(H,25,26). The minimum atomic E-state index is -4.39. The van der Waals surface area contributed by atoms with Gasteiger partial charge in [0.1, 0.15) is 11.5 Å². The Bertz CT molecular complexity index is 969. The number of methoxy groups -OCH3 is 1. The topological polar surface area (TPSA) is 47.6 Å². The lowest BCUT2D eigenvalue weighted by molar-refractivity contribution is -0.137. The molecule has 0 radical (unpaired) electrons. The van der Waals surface area contributed by atoms with Crippen LogP contribution < -0.4 is 10.1 Å². The second-order valence-corrected chi connectivity index (χ2v) is 6.06. The van der Waals surface area contributed by atoms with Crippen LogP contribution in [-0.4, -0.2) is 26.2 Å². The molecule has 1 N–H and O–H groups in total. The van der Waals surface area contributed by atoms with Crippen LogP contribution in [0.2, 0.25) is 0 Å². The first-order valence-electron chi connectivity index (χ1n) is 8.53. The molecule has 0 unspecified atom stereocenters. The Morgan fingerprint density at radius 2 is 1.79 bits per heavy atom. The summed E-state index contributed by atoms with van der Waals surface area (Å²) in [6, 6.07) is 15.0. The van der Waals surface area contributed by atoms with Gasteiger partial charge in [-0.1, -0.05) is 12.1 Å². The fraction of sp³-hybridized carbons (Fsp3) is 0.190. The van der Waals surface area contributed by atoms with Crippen LogP contribution in [0, 0.1) is 0 Å². The molecule has 0 spiro atoms. The molecule has 3 aromatic rings. The maximum absolute atomic E-state index is 12.7. The van der Waals surface area contributed by atoms with Crippen molar-refractivity contribution in [2.45, 2.75) is 6.18 Å². The molecule has 1 amide bonds. The minimum Gasteiger partial charge on any atom is -0.457 e. The number of hydrogen-bond donors (Lipinski definition) is 1. The molecule has 0 aliphatic carbocycles. The maximum Gasteiger partial charge on any atom is 0.416 e. The van der Waals surface area contributed by atoms with Crippen molar-refractivity contribution in [3.8, 4) is 11.5 Å². The molecule has 0 aliphatic rings. The van der Waals surface area contributed by atoms with E-state index in [4.69, 9.17) is 9.47 Å². The molecule has 0 aliphatic heterocycles. The van der Waals surface area contributed by atoms with Gasteiger partial charge in [-0.2, -0.15) is 13.2 Å². The zero-order valence-electron chi connectivity index (χ0n) is 15.0. The number of amides is 1. The fourth-order valence-corrected chi connectivity index (χ4v) is 2.69. The molecule has 4 nitrogen and oxygen atoms in total. The largest absolute Gasteiger partial charge is 0.457 e. The van der Waals surface area contributed by atoms with Crippen molar-refractivity contribution >= 4 is 16.7 Å². The van der Waals surface area contributed by atoms with Crippen molar-refractivity contribution in [2.24, 2.45) is 0 Å². The number of nitrogens with one attached hydrogen (secondary N) is 1. The zero-order chi connectivity index (χ0) is 20.1. The van der Waals surface area contributed by atoms with Gasteiger partial charge in [0.15, 0.2) is 0 Å². The molecule has 0 fully saturated rings. The number of alkyl halides is 3. The highest BCUT2D eigenvalue weighted by Gasteiger charge is 2.30. The number of carbonyl (C=O) groups is 1. The van der Waals surface area contributed by atoms with E-state index < -0.39 is 11.7 Å². The molecule has 0 saturated heterocycles. The summed E-state index contributed by atoms with van der Waals surface area (Å²) >= 11 is 0. The maximum atomic E-state index is 12.7. The SMILES string of the molecule is COCCNC(=O)c1ccc2c(Oc3ccc(C(F)(F)F)cc3)cccc2c1. The molecule has 0 atom stereocenters. The van der Waals surface area contributed by atoms with E-state index in [1.54, 1.807) is 37.4 Å². The zero-order valence-corrected chi connectivity index (χ0v) is 15.0. The second-order valence-electron chi connectivity index (χ2n) is 6.06. The lowest BCUT2D eigenvalue weighted by Crippen LogP contribution is -2.26. The summed E-state index contributed by atoms with van der Waals surface area (Å²) in [5, 5.41) is 4.28. The van der Waals surface area contributed by atoms with Gasteiger partial charge in [0.25, 0.3) is 5.91 Å².